The largest absolute Gasteiger partial charge is 0.405 e. The van der Waals surface area contributed by atoms with Gasteiger partial charge in [-0.1, -0.05) is 0 Å². The molecule has 1 heterocycles. The highest BCUT2D eigenvalue weighted by molar-refractivity contribution is 5.78. The van der Waals surface area contributed by atoms with E-state index in [1.54, 1.807) is 11.9 Å². The third kappa shape index (κ3) is 6.80. The topological polar surface area (TPSA) is 41.6 Å². The minimum Gasteiger partial charge on any atom is -0.377 e. The number of carbonyl (C=O) groups is 1. The Bertz CT molecular complexity index is 266. The first-order valence-corrected chi connectivity index (χ1v) is 6.00. The lowest BCUT2D eigenvalue weighted by atomic mass is 10.1. The quantitative estimate of drug-likeness (QED) is 0.813. The first kappa shape index (κ1) is 15.2. The SMILES string of the molecule is CN(CC(=O)NCC(F)(F)F)CC1CCCCO1. The number of alkyl halides is 3. The van der Waals surface area contributed by atoms with Gasteiger partial charge in [-0.15, -0.1) is 0 Å². The average molecular weight is 268 g/mol. The normalized spacial score (nSPS) is 21.1. The van der Waals surface area contributed by atoms with Crippen LogP contribution in [0.25, 0.3) is 0 Å². The van der Waals surface area contributed by atoms with Gasteiger partial charge in [-0.3, -0.25) is 9.69 Å². The minimum atomic E-state index is -4.36. The second-order valence-corrected chi connectivity index (χ2v) is 4.58. The predicted octanol–water partition coefficient (Wildman–Crippen LogP) is 1.17. The third-order valence-electron chi connectivity index (χ3n) is 2.69. The summed E-state index contributed by atoms with van der Waals surface area (Å²) in [4.78, 5) is 12.9. The van der Waals surface area contributed by atoms with Gasteiger partial charge in [0, 0.05) is 13.2 Å². The van der Waals surface area contributed by atoms with Gasteiger partial charge in [0.15, 0.2) is 0 Å². The summed E-state index contributed by atoms with van der Waals surface area (Å²) in [7, 11) is 1.70. The van der Waals surface area contributed by atoms with Gasteiger partial charge in [-0.25, -0.2) is 0 Å². The van der Waals surface area contributed by atoms with Crippen molar-refractivity contribution in [3.8, 4) is 0 Å². The molecule has 106 valence electrons. The first-order valence-electron chi connectivity index (χ1n) is 6.00. The molecular formula is C11H19F3N2O2. The highest BCUT2D eigenvalue weighted by Gasteiger charge is 2.28. The van der Waals surface area contributed by atoms with Crippen LogP contribution in [0, 0.1) is 0 Å². The summed E-state index contributed by atoms with van der Waals surface area (Å²) < 4.78 is 41.1. The summed E-state index contributed by atoms with van der Waals surface area (Å²) in [6.45, 7) is -0.0340. The molecule has 0 spiro atoms. The molecule has 1 fully saturated rings. The van der Waals surface area contributed by atoms with Gasteiger partial charge in [-0.2, -0.15) is 13.2 Å². The Morgan fingerprint density at radius 2 is 2.17 bits per heavy atom. The fraction of sp³-hybridized carbons (Fsp3) is 0.909. The van der Waals surface area contributed by atoms with Crippen molar-refractivity contribution in [2.45, 2.75) is 31.5 Å². The molecule has 18 heavy (non-hydrogen) atoms. The molecule has 0 bridgehead atoms. The molecule has 1 unspecified atom stereocenters. The lowest BCUT2D eigenvalue weighted by molar-refractivity contribution is -0.139. The standard InChI is InChI=1S/C11H19F3N2O2/c1-16(6-9-4-2-3-5-18-9)7-10(17)15-8-11(12,13)14/h9H,2-8H2,1H3,(H,15,17). The molecule has 0 saturated carbocycles. The van der Waals surface area contributed by atoms with Crippen molar-refractivity contribution in [3.63, 3.8) is 0 Å². The Morgan fingerprint density at radius 3 is 2.72 bits per heavy atom. The van der Waals surface area contributed by atoms with Crippen LogP contribution in [0.4, 0.5) is 13.2 Å². The number of hydrogen-bond acceptors (Lipinski definition) is 3. The number of amides is 1. The molecule has 0 aliphatic carbocycles. The molecule has 1 rings (SSSR count). The molecule has 1 N–H and O–H groups in total. The zero-order valence-electron chi connectivity index (χ0n) is 10.4. The molecule has 4 nitrogen and oxygen atoms in total. The fourth-order valence-corrected chi connectivity index (χ4v) is 1.86. The molecule has 1 saturated heterocycles. The van der Waals surface area contributed by atoms with Crippen LogP contribution < -0.4 is 5.32 Å². The van der Waals surface area contributed by atoms with E-state index in [-0.39, 0.29) is 12.6 Å². The Balaban J connectivity index is 2.18. The van der Waals surface area contributed by atoms with Gasteiger partial charge < -0.3 is 10.1 Å². The van der Waals surface area contributed by atoms with E-state index < -0.39 is 18.6 Å². The van der Waals surface area contributed by atoms with Gasteiger partial charge in [0.1, 0.15) is 6.54 Å². The Kier molecular flexibility index (Phi) is 5.87. The number of carbonyl (C=O) groups excluding carboxylic acids is 1. The Hall–Kier alpha value is -0.820. The molecule has 7 heteroatoms. The van der Waals surface area contributed by atoms with Gasteiger partial charge in [-0.05, 0) is 26.3 Å². The summed E-state index contributed by atoms with van der Waals surface area (Å²) in [6, 6.07) is 0. The number of nitrogens with zero attached hydrogens (tertiary/aromatic N) is 1. The van der Waals surface area contributed by atoms with Gasteiger partial charge >= 0.3 is 6.18 Å². The smallest absolute Gasteiger partial charge is 0.377 e. The molecule has 0 aromatic carbocycles. The van der Waals surface area contributed by atoms with E-state index >= 15 is 0 Å². The zero-order valence-corrected chi connectivity index (χ0v) is 10.4. The van der Waals surface area contributed by atoms with Crippen LogP contribution in [0.3, 0.4) is 0 Å². The second-order valence-electron chi connectivity index (χ2n) is 4.58. The summed E-state index contributed by atoms with van der Waals surface area (Å²) in [5, 5.41) is 1.84. The van der Waals surface area contributed by atoms with Crippen LogP contribution in [-0.2, 0) is 9.53 Å². The molecule has 0 radical (unpaired) electrons. The van der Waals surface area contributed by atoms with E-state index in [4.69, 9.17) is 4.74 Å². The van der Waals surface area contributed by atoms with Crippen LogP contribution >= 0.6 is 0 Å². The molecular weight excluding hydrogens is 249 g/mol. The number of hydrogen-bond donors (Lipinski definition) is 1. The molecule has 1 amide bonds. The molecule has 1 aliphatic rings. The van der Waals surface area contributed by atoms with Crippen molar-refractivity contribution in [2.75, 3.05) is 33.3 Å². The van der Waals surface area contributed by atoms with Crippen LogP contribution in [0.5, 0.6) is 0 Å². The lowest BCUT2D eigenvalue weighted by Crippen LogP contribution is -2.42. The van der Waals surface area contributed by atoms with Crippen molar-refractivity contribution in [3.05, 3.63) is 0 Å². The van der Waals surface area contributed by atoms with Crippen LogP contribution in [0.2, 0.25) is 0 Å². The highest BCUT2D eigenvalue weighted by Crippen LogP contribution is 2.13. The zero-order chi connectivity index (χ0) is 13.6. The van der Waals surface area contributed by atoms with E-state index in [1.807, 2.05) is 5.32 Å². The van der Waals surface area contributed by atoms with Crippen LogP contribution in [-0.4, -0.2) is 56.4 Å². The maximum absolute atomic E-state index is 11.9. The predicted molar refractivity (Wildman–Crippen MR) is 60.2 cm³/mol. The number of halogens is 3. The number of likely N-dealkylation sites (N-methyl/N-ethyl adjacent to an activating group) is 1. The summed E-state index contributed by atoms with van der Waals surface area (Å²) in [5.41, 5.74) is 0. The van der Waals surface area contributed by atoms with E-state index in [1.165, 1.54) is 0 Å². The summed E-state index contributed by atoms with van der Waals surface area (Å²) in [6.07, 6.45) is -1.19. The van der Waals surface area contributed by atoms with E-state index in [0.717, 1.165) is 25.9 Å². The number of ether oxygens (including phenoxy) is 1. The van der Waals surface area contributed by atoms with Crippen molar-refractivity contribution in [1.29, 1.82) is 0 Å². The third-order valence-corrected chi connectivity index (χ3v) is 2.69. The van der Waals surface area contributed by atoms with Gasteiger partial charge in [0.25, 0.3) is 0 Å². The maximum atomic E-state index is 11.9. The lowest BCUT2D eigenvalue weighted by Gasteiger charge is -2.27. The fourth-order valence-electron chi connectivity index (χ4n) is 1.86. The first-order chi connectivity index (χ1) is 8.37. The molecule has 1 aliphatic heterocycles. The Labute approximate surface area is 104 Å². The second kappa shape index (κ2) is 6.94. The minimum absolute atomic E-state index is 0.0457. The maximum Gasteiger partial charge on any atom is 0.405 e. The van der Waals surface area contributed by atoms with Crippen molar-refractivity contribution in [2.24, 2.45) is 0 Å². The monoisotopic (exact) mass is 268 g/mol. The average Bonchev–Trinajstić information content (AvgIpc) is 2.26. The molecule has 0 aromatic rings. The van der Waals surface area contributed by atoms with E-state index in [9.17, 15) is 18.0 Å². The van der Waals surface area contributed by atoms with Gasteiger partial charge in [0.05, 0.1) is 12.6 Å². The van der Waals surface area contributed by atoms with E-state index in [2.05, 4.69) is 0 Å². The molecule has 0 aromatic heterocycles. The van der Waals surface area contributed by atoms with Crippen molar-refractivity contribution >= 4 is 5.91 Å². The number of nitrogens with one attached hydrogen (secondary N) is 1. The van der Waals surface area contributed by atoms with Crippen LogP contribution in [0.1, 0.15) is 19.3 Å². The van der Waals surface area contributed by atoms with E-state index in [0.29, 0.717) is 6.54 Å². The number of rotatable bonds is 5. The summed E-state index contributed by atoms with van der Waals surface area (Å²) in [5.74, 6) is -0.620. The Morgan fingerprint density at radius 1 is 1.44 bits per heavy atom. The summed E-state index contributed by atoms with van der Waals surface area (Å²) >= 11 is 0. The van der Waals surface area contributed by atoms with Crippen molar-refractivity contribution < 1.29 is 22.7 Å². The van der Waals surface area contributed by atoms with Gasteiger partial charge in [0.2, 0.25) is 5.91 Å². The van der Waals surface area contributed by atoms with Crippen LogP contribution in [0.15, 0.2) is 0 Å². The highest BCUT2D eigenvalue weighted by atomic mass is 19.4. The van der Waals surface area contributed by atoms with Crippen molar-refractivity contribution in [1.82, 2.24) is 10.2 Å². The molecule has 1 atom stereocenters.